The normalized spacial score (nSPS) is 18.0. The molecule has 2 amide bonds. The molecule has 1 heterocycles. The number of aryl methyl sites for hydroxylation is 1. The maximum atomic E-state index is 13.1. The van der Waals surface area contributed by atoms with Crippen LogP contribution in [0.2, 0.25) is 0 Å². The van der Waals surface area contributed by atoms with Crippen LogP contribution in [0.4, 0.5) is 4.39 Å². The lowest BCUT2D eigenvalue weighted by Crippen LogP contribution is -2.45. The van der Waals surface area contributed by atoms with Crippen LogP contribution in [-0.2, 0) is 4.79 Å². The van der Waals surface area contributed by atoms with E-state index in [0.29, 0.717) is 18.7 Å². The van der Waals surface area contributed by atoms with E-state index in [1.54, 1.807) is 4.90 Å². The van der Waals surface area contributed by atoms with Gasteiger partial charge in [0.15, 0.2) is 0 Å². The van der Waals surface area contributed by atoms with E-state index in [0.717, 1.165) is 24.0 Å². The minimum atomic E-state index is -0.368. The number of hydrogen-bond donors (Lipinski definition) is 1. The van der Waals surface area contributed by atoms with Gasteiger partial charge in [-0.3, -0.25) is 9.59 Å². The van der Waals surface area contributed by atoms with Crippen LogP contribution in [0.25, 0.3) is 0 Å². The summed E-state index contributed by atoms with van der Waals surface area (Å²) in [5.41, 5.74) is 2.69. The first-order valence-corrected chi connectivity index (χ1v) is 9.36. The maximum Gasteiger partial charge on any atom is 0.253 e. The van der Waals surface area contributed by atoms with Gasteiger partial charge in [0.05, 0.1) is 12.0 Å². The maximum absolute atomic E-state index is 13.1. The Morgan fingerprint density at radius 2 is 1.85 bits per heavy atom. The summed E-state index contributed by atoms with van der Waals surface area (Å²) in [5, 5.41) is 3.09. The molecule has 1 aliphatic rings. The van der Waals surface area contributed by atoms with Gasteiger partial charge in [-0.15, -0.1) is 0 Å². The minimum Gasteiger partial charge on any atom is -0.349 e. The zero-order valence-electron chi connectivity index (χ0n) is 15.7. The molecule has 0 saturated carbocycles. The molecule has 0 radical (unpaired) electrons. The second kappa shape index (κ2) is 8.33. The monoisotopic (exact) mass is 368 g/mol. The summed E-state index contributed by atoms with van der Waals surface area (Å²) in [6.45, 7) is 5.02. The molecule has 2 aromatic rings. The van der Waals surface area contributed by atoms with Gasteiger partial charge >= 0.3 is 0 Å². The Morgan fingerprint density at radius 1 is 1.15 bits per heavy atom. The number of halogens is 1. The molecule has 2 aromatic carbocycles. The number of likely N-dealkylation sites (tertiary alicyclic amines) is 1. The molecule has 2 atom stereocenters. The van der Waals surface area contributed by atoms with Crippen molar-refractivity contribution in [2.45, 2.75) is 32.7 Å². The van der Waals surface area contributed by atoms with Crippen LogP contribution in [0.1, 0.15) is 47.3 Å². The van der Waals surface area contributed by atoms with E-state index in [4.69, 9.17) is 0 Å². The van der Waals surface area contributed by atoms with Gasteiger partial charge in [-0.2, -0.15) is 0 Å². The second-order valence-electron chi connectivity index (χ2n) is 7.18. The highest BCUT2D eigenvalue weighted by atomic mass is 19.1. The summed E-state index contributed by atoms with van der Waals surface area (Å²) in [6.07, 6.45) is 1.54. The Balaban J connectivity index is 1.63. The van der Waals surface area contributed by atoms with Gasteiger partial charge < -0.3 is 10.2 Å². The van der Waals surface area contributed by atoms with Gasteiger partial charge in [-0.05, 0) is 62.1 Å². The third kappa shape index (κ3) is 4.54. The Bertz CT molecular complexity index is 819. The van der Waals surface area contributed by atoms with Crippen molar-refractivity contribution in [3.05, 3.63) is 71.0 Å². The average Bonchev–Trinajstić information content (AvgIpc) is 2.68. The second-order valence-corrected chi connectivity index (χ2v) is 7.18. The molecule has 1 saturated heterocycles. The SMILES string of the molecule is Cc1ccccc1C(C)NC(=O)C1CCCN(C(=O)c2ccc(F)cc2)C1. The summed E-state index contributed by atoms with van der Waals surface area (Å²) in [6, 6.07) is 13.5. The lowest BCUT2D eigenvalue weighted by Gasteiger charge is -2.33. The summed E-state index contributed by atoms with van der Waals surface area (Å²) < 4.78 is 13.1. The van der Waals surface area contributed by atoms with E-state index in [2.05, 4.69) is 5.32 Å². The predicted octanol–water partition coefficient (Wildman–Crippen LogP) is 3.86. The Hall–Kier alpha value is -2.69. The predicted molar refractivity (Wildman–Crippen MR) is 103 cm³/mol. The Labute approximate surface area is 159 Å². The largest absolute Gasteiger partial charge is 0.349 e. The van der Waals surface area contributed by atoms with Crippen molar-refractivity contribution in [2.24, 2.45) is 5.92 Å². The van der Waals surface area contributed by atoms with Crippen LogP contribution >= 0.6 is 0 Å². The number of amides is 2. The van der Waals surface area contributed by atoms with Crippen molar-refractivity contribution in [1.82, 2.24) is 10.2 Å². The molecule has 1 N–H and O–H groups in total. The molecule has 4 nitrogen and oxygen atoms in total. The molecule has 142 valence electrons. The fourth-order valence-electron chi connectivity index (χ4n) is 3.63. The summed E-state index contributed by atoms with van der Waals surface area (Å²) >= 11 is 0. The van der Waals surface area contributed by atoms with E-state index in [1.165, 1.54) is 24.3 Å². The van der Waals surface area contributed by atoms with Crippen molar-refractivity contribution in [1.29, 1.82) is 0 Å². The zero-order chi connectivity index (χ0) is 19.4. The van der Waals surface area contributed by atoms with Crippen molar-refractivity contribution in [3.63, 3.8) is 0 Å². The highest BCUT2D eigenvalue weighted by Crippen LogP contribution is 2.22. The lowest BCUT2D eigenvalue weighted by molar-refractivity contribution is -0.127. The first-order valence-electron chi connectivity index (χ1n) is 9.36. The third-order valence-electron chi connectivity index (χ3n) is 5.18. The van der Waals surface area contributed by atoms with Crippen molar-refractivity contribution in [2.75, 3.05) is 13.1 Å². The van der Waals surface area contributed by atoms with Crippen molar-refractivity contribution in [3.8, 4) is 0 Å². The van der Waals surface area contributed by atoms with Gasteiger partial charge in [-0.1, -0.05) is 24.3 Å². The topological polar surface area (TPSA) is 49.4 Å². The van der Waals surface area contributed by atoms with Crippen LogP contribution in [0.15, 0.2) is 48.5 Å². The average molecular weight is 368 g/mol. The van der Waals surface area contributed by atoms with Gasteiger partial charge in [-0.25, -0.2) is 4.39 Å². The molecule has 0 aromatic heterocycles. The fraction of sp³-hybridized carbons (Fsp3) is 0.364. The number of carbonyl (C=O) groups excluding carboxylic acids is 2. The molecular formula is C22H25FN2O2. The molecule has 1 fully saturated rings. The van der Waals surface area contributed by atoms with E-state index in [9.17, 15) is 14.0 Å². The van der Waals surface area contributed by atoms with Gasteiger partial charge in [0, 0.05) is 18.7 Å². The van der Waals surface area contributed by atoms with E-state index in [-0.39, 0.29) is 29.6 Å². The number of rotatable bonds is 4. The number of hydrogen-bond acceptors (Lipinski definition) is 2. The molecule has 3 rings (SSSR count). The van der Waals surface area contributed by atoms with E-state index in [1.807, 2.05) is 38.1 Å². The molecule has 0 spiro atoms. The number of nitrogens with one attached hydrogen (secondary N) is 1. The highest BCUT2D eigenvalue weighted by Gasteiger charge is 2.29. The van der Waals surface area contributed by atoms with E-state index < -0.39 is 0 Å². The lowest BCUT2D eigenvalue weighted by atomic mass is 9.95. The number of carbonyl (C=O) groups is 2. The Morgan fingerprint density at radius 3 is 2.56 bits per heavy atom. The highest BCUT2D eigenvalue weighted by molar-refractivity contribution is 5.94. The van der Waals surface area contributed by atoms with Crippen molar-refractivity contribution < 1.29 is 14.0 Å². The van der Waals surface area contributed by atoms with Gasteiger partial charge in [0.1, 0.15) is 5.82 Å². The van der Waals surface area contributed by atoms with Crippen LogP contribution < -0.4 is 5.32 Å². The third-order valence-corrected chi connectivity index (χ3v) is 5.18. The molecular weight excluding hydrogens is 343 g/mol. The summed E-state index contributed by atoms with van der Waals surface area (Å²) in [5.74, 6) is -0.774. The molecule has 2 unspecified atom stereocenters. The molecule has 27 heavy (non-hydrogen) atoms. The molecule has 5 heteroatoms. The van der Waals surface area contributed by atoms with Crippen LogP contribution in [0.5, 0.6) is 0 Å². The number of piperidine rings is 1. The zero-order valence-corrected chi connectivity index (χ0v) is 15.7. The van der Waals surface area contributed by atoms with Crippen LogP contribution in [-0.4, -0.2) is 29.8 Å². The fourth-order valence-corrected chi connectivity index (χ4v) is 3.63. The van der Waals surface area contributed by atoms with Crippen molar-refractivity contribution >= 4 is 11.8 Å². The summed E-state index contributed by atoms with van der Waals surface area (Å²) in [7, 11) is 0. The molecule has 0 aliphatic carbocycles. The first-order chi connectivity index (χ1) is 13.0. The molecule has 1 aliphatic heterocycles. The number of nitrogens with zero attached hydrogens (tertiary/aromatic N) is 1. The summed E-state index contributed by atoms with van der Waals surface area (Å²) in [4.78, 5) is 27.1. The number of benzene rings is 2. The van der Waals surface area contributed by atoms with Gasteiger partial charge in [0.2, 0.25) is 5.91 Å². The standard InChI is InChI=1S/C22H25FN2O2/c1-15-6-3-4-8-20(15)16(2)24-21(26)18-7-5-13-25(14-18)22(27)17-9-11-19(23)12-10-17/h3-4,6,8-12,16,18H,5,7,13-14H2,1-2H3,(H,24,26). The minimum absolute atomic E-state index is 0.0256. The van der Waals surface area contributed by atoms with Crippen LogP contribution in [0, 0.1) is 18.7 Å². The van der Waals surface area contributed by atoms with Gasteiger partial charge in [0.25, 0.3) is 5.91 Å². The van der Waals surface area contributed by atoms with Crippen LogP contribution in [0.3, 0.4) is 0 Å². The molecule has 0 bridgehead atoms. The Kier molecular flexibility index (Phi) is 5.89. The quantitative estimate of drug-likeness (QED) is 0.891. The van der Waals surface area contributed by atoms with E-state index >= 15 is 0 Å². The first kappa shape index (κ1) is 19.1. The smallest absolute Gasteiger partial charge is 0.253 e.